The van der Waals surface area contributed by atoms with Crippen molar-refractivity contribution in [2.24, 2.45) is 0 Å². The molecule has 0 bridgehead atoms. The molecular weight excluding hydrogens is 727 g/mol. The molecule has 60 heavy (non-hydrogen) atoms. The van der Waals surface area contributed by atoms with Gasteiger partial charge in [0.2, 0.25) is 0 Å². The quantitative estimate of drug-likeness (QED) is 0.143. The van der Waals surface area contributed by atoms with Gasteiger partial charge < -0.3 is 9.32 Å². The number of furan rings is 1. The molecule has 0 aliphatic heterocycles. The van der Waals surface area contributed by atoms with E-state index in [0.717, 1.165) is 67.0 Å². The van der Waals surface area contributed by atoms with Crippen LogP contribution in [0, 0.1) is 0 Å². The van der Waals surface area contributed by atoms with Crippen LogP contribution < -0.4 is 4.90 Å². The van der Waals surface area contributed by atoms with E-state index in [1.165, 1.54) is 38.4 Å². The van der Waals surface area contributed by atoms with E-state index in [2.05, 4.69) is 241 Å². The molecule has 11 aromatic rings. The van der Waals surface area contributed by atoms with Crippen LogP contribution in [0.4, 0.5) is 17.1 Å². The van der Waals surface area contributed by atoms with E-state index in [1.54, 1.807) is 0 Å². The van der Waals surface area contributed by atoms with Crippen molar-refractivity contribution in [2.75, 3.05) is 4.90 Å². The molecule has 0 fully saturated rings. The highest BCUT2D eigenvalue weighted by atomic mass is 16.3. The molecule has 0 saturated heterocycles. The molecule has 0 aliphatic rings. The minimum absolute atomic E-state index is 0.888. The van der Waals surface area contributed by atoms with Gasteiger partial charge >= 0.3 is 0 Å². The van der Waals surface area contributed by atoms with Crippen LogP contribution in [0.15, 0.2) is 241 Å². The topological polar surface area (TPSA) is 16.4 Å². The predicted octanol–water partition coefficient (Wildman–Crippen LogP) is 16.5. The zero-order valence-electron chi connectivity index (χ0n) is 32.9. The van der Waals surface area contributed by atoms with Gasteiger partial charge in [0.15, 0.2) is 0 Å². The fourth-order valence-corrected chi connectivity index (χ4v) is 8.75. The van der Waals surface area contributed by atoms with Crippen molar-refractivity contribution in [3.05, 3.63) is 237 Å². The first-order valence-electron chi connectivity index (χ1n) is 20.5. The van der Waals surface area contributed by atoms with Crippen molar-refractivity contribution in [3.8, 4) is 55.8 Å². The Balaban J connectivity index is 0.986. The maximum atomic E-state index is 7.05. The maximum absolute atomic E-state index is 7.05. The minimum atomic E-state index is 0.888. The average molecular weight is 766 g/mol. The summed E-state index contributed by atoms with van der Waals surface area (Å²) in [5.74, 6) is 0.888. The first-order chi connectivity index (χ1) is 29.8. The van der Waals surface area contributed by atoms with Crippen molar-refractivity contribution in [1.82, 2.24) is 0 Å². The minimum Gasteiger partial charge on any atom is -0.455 e. The first kappa shape index (κ1) is 35.2. The van der Waals surface area contributed by atoms with Gasteiger partial charge in [-0.1, -0.05) is 194 Å². The Morgan fingerprint density at radius 1 is 0.267 bits per heavy atom. The summed E-state index contributed by atoms with van der Waals surface area (Å²) in [5, 5.41) is 5.83. The molecule has 1 aromatic heterocycles. The Labute approximate surface area is 349 Å². The maximum Gasteiger partial charge on any atom is 0.143 e. The van der Waals surface area contributed by atoms with E-state index in [9.17, 15) is 0 Å². The third kappa shape index (κ3) is 6.32. The summed E-state index contributed by atoms with van der Waals surface area (Å²) in [7, 11) is 0. The van der Waals surface area contributed by atoms with Crippen LogP contribution in [0.3, 0.4) is 0 Å². The van der Waals surface area contributed by atoms with Crippen molar-refractivity contribution in [1.29, 1.82) is 0 Å². The fourth-order valence-electron chi connectivity index (χ4n) is 8.75. The standard InChI is InChI=1S/C58H39NO/c1-5-15-40(16-6-1)41-25-27-42(28-26-41)43-29-34-49(35-30-43)59(48-21-11-4-12-22-48)50-36-31-44(32-37-50)47-33-38-52-51-23-13-14-24-53(51)56-55(45-17-7-2-8-18-45)57(46-19-9-3-10-20-46)60-58(56)54(52)39-47/h1-39H. The molecule has 0 radical (unpaired) electrons. The lowest BCUT2D eigenvalue weighted by molar-refractivity contribution is 0.636. The third-order valence-electron chi connectivity index (χ3n) is 11.7. The van der Waals surface area contributed by atoms with E-state index >= 15 is 0 Å². The highest BCUT2D eigenvalue weighted by Gasteiger charge is 2.23. The summed E-state index contributed by atoms with van der Waals surface area (Å²) < 4.78 is 7.05. The monoisotopic (exact) mass is 765 g/mol. The Morgan fingerprint density at radius 3 is 1.22 bits per heavy atom. The lowest BCUT2D eigenvalue weighted by atomic mass is 9.91. The Morgan fingerprint density at radius 2 is 0.650 bits per heavy atom. The largest absolute Gasteiger partial charge is 0.455 e. The zero-order valence-corrected chi connectivity index (χ0v) is 32.9. The smallest absolute Gasteiger partial charge is 0.143 e. The molecule has 0 atom stereocenters. The second-order valence-electron chi connectivity index (χ2n) is 15.3. The van der Waals surface area contributed by atoms with Gasteiger partial charge in [-0.3, -0.25) is 0 Å². The summed E-state index contributed by atoms with van der Waals surface area (Å²) in [6.45, 7) is 0. The Kier molecular flexibility index (Phi) is 8.87. The van der Waals surface area contributed by atoms with Crippen LogP contribution in [-0.2, 0) is 0 Å². The normalized spacial score (nSPS) is 11.3. The number of rotatable bonds is 8. The van der Waals surface area contributed by atoms with Gasteiger partial charge in [0.1, 0.15) is 11.3 Å². The predicted molar refractivity (Wildman–Crippen MR) is 253 cm³/mol. The Bertz CT molecular complexity index is 3250. The van der Waals surface area contributed by atoms with Crippen molar-refractivity contribution < 1.29 is 4.42 Å². The molecular formula is C58H39NO. The molecule has 0 amide bonds. The van der Waals surface area contributed by atoms with E-state index in [0.29, 0.717) is 0 Å². The van der Waals surface area contributed by atoms with E-state index in [-0.39, 0.29) is 0 Å². The lowest BCUT2D eigenvalue weighted by Gasteiger charge is -2.26. The number of hydrogen-bond donors (Lipinski definition) is 0. The molecule has 0 spiro atoms. The van der Waals surface area contributed by atoms with Gasteiger partial charge in [0.05, 0.1) is 0 Å². The highest BCUT2D eigenvalue weighted by Crippen LogP contribution is 2.48. The molecule has 0 saturated carbocycles. The van der Waals surface area contributed by atoms with Gasteiger partial charge in [-0.25, -0.2) is 0 Å². The lowest BCUT2D eigenvalue weighted by Crippen LogP contribution is -2.09. The third-order valence-corrected chi connectivity index (χ3v) is 11.7. The summed E-state index contributed by atoms with van der Waals surface area (Å²) >= 11 is 0. The summed E-state index contributed by atoms with van der Waals surface area (Å²) in [5.41, 5.74) is 14.6. The van der Waals surface area contributed by atoms with E-state index in [1.807, 2.05) is 0 Å². The summed E-state index contributed by atoms with van der Waals surface area (Å²) in [4.78, 5) is 2.32. The summed E-state index contributed by atoms with van der Waals surface area (Å²) in [6.07, 6.45) is 0. The molecule has 0 aliphatic carbocycles. The molecule has 10 aromatic carbocycles. The van der Waals surface area contributed by atoms with Gasteiger partial charge in [0, 0.05) is 39.0 Å². The van der Waals surface area contributed by atoms with Crippen LogP contribution in [0.5, 0.6) is 0 Å². The van der Waals surface area contributed by atoms with Crippen molar-refractivity contribution >= 4 is 49.6 Å². The SMILES string of the molecule is c1ccc(-c2ccc(-c3ccc(N(c4ccccc4)c4ccc(-c5ccc6c7ccccc7c7c(-c8ccccc8)c(-c8ccccc8)oc7c6c5)cc4)cc3)cc2)cc1. The van der Waals surface area contributed by atoms with Gasteiger partial charge in [-0.2, -0.15) is 0 Å². The molecule has 0 unspecified atom stereocenters. The van der Waals surface area contributed by atoms with Crippen LogP contribution in [0.2, 0.25) is 0 Å². The van der Waals surface area contributed by atoms with Crippen molar-refractivity contribution in [3.63, 3.8) is 0 Å². The fraction of sp³-hybridized carbons (Fsp3) is 0. The molecule has 2 nitrogen and oxygen atoms in total. The van der Waals surface area contributed by atoms with Gasteiger partial charge in [0.25, 0.3) is 0 Å². The van der Waals surface area contributed by atoms with Crippen molar-refractivity contribution in [2.45, 2.75) is 0 Å². The van der Waals surface area contributed by atoms with Crippen LogP contribution in [0.1, 0.15) is 0 Å². The summed E-state index contributed by atoms with van der Waals surface area (Å²) in [6, 6.07) is 84.5. The first-order valence-corrected chi connectivity index (χ1v) is 20.5. The number of fused-ring (bicyclic) bond motifs is 6. The molecule has 1 heterocycles. The number of hydrogen-bond acceptors (Lipinski definition) is 2. The second-order valence-corrected chi connectivity index (χ2v) is 15.3. The van der Waals surface area contributed by atoms with Crippen LogP contribution in [0.25, 0.3) is 88.3 Å². The zero-order chi connectivity index (χ0) is 39.8. The second kappa shape index (κ2) is 15.1. The molecule has 282 valence electrons. The number of anilines is 3. The molecule has 2 heteroatoms. The molecule has 11 rings (SSSR count). The Hall–Kier alpha value is -7.94. The van der Waals surface area contributed by atoms with E-state index < -0.39 is 0 Å². The van der Waals surface area contributed by atoms with Gasteiger partial charge in [-0.15, -0.1) is 0 Å². The van der Waals surface area contributed by atoms with Crippen LogP contribution >= 0.6 is 0 Å². The average Bonchev–Trinajstić information content (AvgIpc) is 3.75. The highest BCUT2D eigenvalue weighted by molar-refractivity contribution is 6.28. The molecule has 0 N–H and O–H groups in total. The number of benzene rings is 10. The van der Waals surface area contributed by atoms with E-state index in [4.69, 9.17) is 4.42 Å². The number of nitrogens with zero attached hydrogens (tertiary/aromatic N) is 1. The van der Waals surface area contributed by atoms with Gasteiger partial charge in [-0.05, 0) is 97.6 Å². The van der Waals surface area contributed by atoms with Crippen LogP contribution in [-0.4, -0.2) is 0 Å². The number of para-hydroxylation sites is 1.